The van der Waals surface area contributed by atoms with E-state index in [0.29, 0.717) is 23.9 Å². The first-order valence-electron chi connectivity index (χ1n) is 7.69. The predicted octanol–water partition coefficient (Wildman–Crippen LogP) is 2.85. The molecule has 2 rings (SSSR count). The summed E-state index contributed by atoms with van der Waals surface area (Å²) in [6, 6.07) is 11.3. The molecule has 26 heavy (non-hydrogen) atoms. The van der Waals surface area contributed by atoms with Crippen molar-refractivity contribution in [1.29, 1.82) is 0 Å². The van der Waals surface area contributed by atoms with Crippen LogP contribution in [0.2, 0.25) is 0 Å². The van der Waals surface area contributed by atoms with E-state index < -0.39 is 6.36 Å². The number of hydrogen-bond acceptors (Lipinski definition) is 4. The minimum atomic E-state index is -4.74. The monoisotopic (exact) mass is 368 g/mol. The largest absolute Gasteiger partial charge is 0.573 e. The highest BCUT2D eigenvalue weighted by Crippen LogP contribution is 2.26. The van der Waals surface area contributed by atoms with Gasteiger partial charge in [-0.15, -0.1) is 13.2 Å². The lowest BCUT2D eigenvalue weighted by Crippen LogP contribution is -2.36. The maximum Gasteiger partial charge on any atom is 0.573 e. The summed E-state index contributed by atoms with van der Waals surface area (Å²) in [5.41, 5.74) is 1.08. The average molecular weight is 368 g/mol. The second kappa shape index (κ2) is 8.93. The van der Waals surface area contributed by atoms with Gasteiger partial charge in [-0.3, -0.25) is 4.99 Å². The van der Waals surface area contributed by atoms with Crippen LogP contribution in [0.25, 0.3) is 0 Å². The van der Waals surface area contributed by atoms with Crippen molar-refractivity contribution in [2.24, 2.45) is 4.99 Å². The molecule has 0 saturated carbocycles. The molecule has 0 aliphatic carbocycles. The van der Waals surface area contributed by atoms with Gasteiger partial charge in [0.2, 0.25) is 5.88 Å². The predicted molar refractivity (Wildman–Crippen MR) is 91.0 cm³/mol. The molecule has 0 aliphatic rings. The van der Waals surface area contributed by atoms with Crippen molar-refractivity contribution >= 4 is 5.96 Å². The smallest absolute Gasteiger partial charge is 0.481 e. The Hall–Kier alpha value is -2.97. The van der Waals surface area contributed by atoms with Crippen LogP contribution in [0.4, 0.5) is 13.2 Å². The fourth-order valence-corrected chi connectivity index (χ4v) is 2.12. The number of para-hydroxylation sites is 1. The number of methoxy groups -OCH3 is 1. The van der Waals surface area contributed by atoms with E-state index in [-0.39, 0.29) is 12.3 Å². The van der Waals surface area contributed by atoms with Crippen molar-refractivity contribution in [2.45, 2.75) is 19.5 Å². The number of nitrogens with zero attached hydrogens (tertiary/aromatic N) is 2. The number of rotatable bonds is 6. The van der Waals surface area contributed by atoms with Crippen molar-refractivity contribution in [3.8, 4) is 11.6 Å². The summed E-state index contributed by atoms with van der Waals surface area (Å²) < 4.78 is 46.5. The molecule has 1 aromatic carbocycles. The number of ether oxygens (including phenoxy) is 2. The van der Waals surface area contributed by atoms with Gasteiger partial charge in [-0.25, -0.2) is 4.98 Å². The second-order valence-corrected chi connectivity index (χ2v) is 5.11. The van der Waals surface area contributed by atoms with E-state index >= 15 is 0 Å². The molecule has 0 saturated heterocycles. The molecule has 9 heteroatoms. The van der Waals surface area contributed by atoms with E-state index in [1.807, 2.05) is 12.1 Å². The zero-order valence-corrected chi connectivity index (χ0v) is 14.3. The Bertz CT molecular complexity index is 751. The highest BCUT2D eigenvalue weighted by Gasteiger charge is 2.31. The fraction of sp³-hybridized carbons (Fsp3) is 0.294. The molecule has 0 amide bonds. The van der Waals surface area contributed by atoms with E-state index in [1.165, 1.54) is 19.2 Å². The normalized spacial score (nSPS) is 11.8. The van der Waals surface area contributed by atoms with Crippen LogP contribution < -0.4 is 20.1 Å². The van der Waals surface area contributed by atoms with Gasteiger partial charge < -0.3 is 20.1 Å². The molecule has 2 N–H and O–H groups in total. The van der Waals surface area contributed by atoms with Crippen LogP contribution in [0.3, 0.4) is 0 Å². The number of nitrogens with one attached hydrogen (secondary N) is 2. The standard InChI is InChI=1S/C17H19F3N4O2/c1-21-16(23-11-13-7-5-9-15(24-13)25-2)22-10-12-6-3-4-8-14(12)26-17(18,19)20/h3-9H,10-11H2,1-2H3,(H2,21,22,23). The fourth-order valence-electron chi connectivity index (χ4n) is 2.12. The van der Waals surface area contributed by atoms with Crippen molar-refractivity contribution in [3.05, 3.63) is 53.7 Å². The number of guanidine groups is 1. The number of halogens is 3. The third kappa shape index (κ3) is 6.15. The highest BCUT2D eigenvalue weighted by molar-refractivity contribution is 5.79. The van der Waals surface area contributed by atoms with Gasteiger partial charge in [0.15, 0.2) is 5.96 Å². The van der Waals surface area contributed by atoms with Gasteiger partial charge in [-0.2, -0.15) is 0 Å². The molecule has 0 spiro atoms. The highest BCUT2D eigenvalue weighted by atomic mass is 19.4. The molecule has 2 aromatic rings. The third-order valence-electron chi connectivity index (χ3n) is 3.30. The van der Waals surface area contributed by atoms with E-state index in [2.05, 4.69) is 25.3 Å². The third-order valence-corrected chi connectivity index (χ3v) is 3.30. The Morgan fingerprint density at radius 3 is 2.50 bits per heavy atom. The van der Waals surface area contributed by atoms with E-state index in [4.69, 9.17) is 4.74 Å². The first-order chi connectivity index (χ1) is 12.4. The van der Waals surface area contributed by atoms with Gasteiger partial charge in [-0.05, 0) is 12.1 Å². The zero-order chi connectivity index (χ0) is 19.0. The molecule has 0 atom stereocenters. The number of aliphatic imine (C=N–C) groups is 1. The van der Waals surface area contributed by atoms with Crippen molar-refractivity contribution in [2.75, 3.05) is 14.2 Å². The van der Waals surface area contributed by atoms with Crippen molar-refractivity contribution < 1.29 is 22.6 Å². The van der Waals surface area contributed by atoms with Crippen molar-refractivity contribution in [1.82, 2.24) is 15.6 Å². The van der Waals surface area contributed by atoms with Gasteiger partial charge in [0.05, 0.1) is 19.3 Å². The average Bonchev–Trinajstić information content (AvgIpc) is 2.62. The Morgan fingerprint density at radius 1 is 1.08 bits per heavy atom. The first-order valence-corrected chi connectivity index (χ1v) is 7.69. The summed E-state index contributed by atoms with van der Waals surface area (Å²) in [7, 11) is 3.09. The van der Waals surface area contributed by atoms with Crippen LogP contribution in [0, 0.1) is 0 Å². The van der Waals surface area contributed by atoms with Gasteiger partial charge in [-0.1, -0.05) is 24.3 Å². The quantitative estimate of drug-likeness (QED) is 0.606. The van der Waals surface area contributed by atoms with Crippen LogP contribution in [-0.2, 0) is 13.1 Å². The molecular weight excluding hydrogens is 349 g/mol. The molecule has 0 radical (unpaired) electrons. The second-order valence-electron chi connectivity index (χ2n) is 5.11. The molecule has 1 heterocycles. The lowest BCUT2D eigenvalue weighted by molar-refractivity contribution is -0.274. The van der Waals surface area contributed by atoms with Gasteiger partial charge >= 0.3 is 6.36 Å². The minimum Gasteiger partial charge on any atom is -0.481 e. The number of pyridine rings is 1. The molecule has 1 aromatic heterocycles. The summed E-state index contributed by atoms with van der Waals surface area (Å²) >= 11 is 0. The van der Waals surface area contributed by atoms with Crippen molar-refractivity contribution in [3.63, 3.8) is 0 Å². The van der Waals surface area contributed by atoms with Crippen LogP contribution in [0.15, 0.2) is 47.5 Å². The maximum absolute atomic E-state index is 12.5. The topological polar surface area (TPSA) is 67.8 Å². The number of alkyl halides is 3. The van der Waals surface area contributed by atoms with E-state index in [1.54, 1.807) is 25.2 Å². The zero-order valence-electron chi connectivity index (χ0n) is 14.3. The Labute approximate surface area is 149 Å². The van der Waals surface area contributed by atoms with E-state index in [0.717, 1.165) is 5.69 Å². The molecule has 140 valence electrons. The summed E-state index contributed by atoms with van der Waals surface area (Å²) in [5.74, 6) is 0.652. The Balaban J connectivity index is 1.95. The number of aromatic nitrogens is 1. The summed E-state index contributed by atoms with van der Waals surface area (Å²) in [6.45, 7) is 0.481. The van der Waals surface area contributed by atoms with Crippen LogP contribution in [0.5, 0.6) is 11.6 Å². The minimum absolute atomic E-state index is 0.109. The SMILES string of the molecule is CN=C(NCc1cccc(OC)n1)NCc1ccccc1OC(F)(F)F. The number of hydrogen-bond donors (Lipinski definition) is 2. The van der Waals surface area contributed by atoms with Crippen LogP contribution in [0.1, 0.15) is 11.3 Å². The molecule has 0 unspecified atom stereocenters. The molecular formula is C17H19F3N4O2. The summed E-state index contributed by atoms with van der Waals surface area (Å²) in [5, 5.41) is 5.98. The molecule has 0 bridgehead atoms. The summed E-state index contributed by atoms with van der Waals surface area (Å²) in [6.07, 6.45) is -4.74. The van der Waals surface area contributed by atoms with Crippen LogP contribution in [-0.4, -0.2) is 31.5 Å². The molecule has 0 fully saturated rings. The number of benzene rings is 1. The Kier molecular flexibility index (Phi) is 6.65. The van der Waals surface area contributed by atoms with E-state index in [9.17, 15) is 13.2 Å². The lowest BCUT2D eigenvalue weighted by Gasteiger charge is -2.15. The summed E-state index contributed by atoms with van der Waals surface area (Å²) in [4.78, 5) is 8.30. The Morgan fingerprint density at radius 2 is 1.81 bits per heavy atom. The maximum atomic E-state index is 12.5. The molecule has 6 nitrogen and oxygen atoms in total. The van der Waals surface area contributed by atoms with Crippen LogP contribution >= 0.6 is 0 Å². The lowest BCUT2D eigenvalue weighted by atomic mass is 10.2. The van der Waals surface area contributed by atoms with Gasteiger partial charge in [0.1, 0.15) is 5.75 Å². The van der Waals surface area contributed by atoms with Gasteiger partial charge in [0, 0.05) is 25.2 Å². The first kappa shape index (κ1) is 19.4. The van der Waals surface area contributed by atoms with Gasteiger partial charge in [0.25, 0.3) is 0 Å². The molecule has 0 aliphatic heterocycles.